The fourth-order valence-corrected chi connectivity index (χ4v) is 2.41. The van der Waals surface area contributed by atoms with Crippen LogP contribution in [-0.4, -0.2) is 0 Å². The van der Waals surface area contributed by atoms with Gasteiger partial charge in [0, 0.05) is 11.6 Å². The number of ether oxygens (including phenoxy) is 1. The predicted octanol–water partition coefficient (Wildman–Crippen LogP) is 4.79. The van der Waals surface area contributed by atoms with Crippen molar-refractivity contribution in [2.24, 2.45) is 5.73 Å². The van der Waals surface area contributed by atoms with Crippen molar-refractivity contribution in [2.75, 3.05) is 0 Å². The highest BCUT2D eigenvalue weighted by molar-refractivity contribution is 5.83. The molecule has 0 heterocycles. The van der Waals surface area contributed by atoms with Crippen LogP contribution in [0.15, 0.2) is 60.7 Å². The molecule has 3 rings (SSSR count). The summed E-state index contributed by atoms with van der Waals surface area (Å²) >= 11 is 0. The topological polar surface area (TPSA) is 35.2 Å². The first-order valence-electron chi connectivity index (χ1n) is 6.86. The standard InChI is InChI=1S/C18H16FNO/c1-12(20)18-16(19)7-4-8-17(18)21-15-10-9-13-5-2-3-6-14(13)11-15/h2-12H,20H2,1H3. The summed E-state index contributed by atoms with van der Waals surface area (Å²) < 4.78 is 19.7. The molecule has 0 aliphatic heterocycles. The summed E-state index contributed by atoms with van der Waals surface area (Å²) in [6, 6.07) is 18.1. The Morgan fingerprint density at radius 1 is 0.952 bits per heavy atom. The Bertz CT molecular complexity index is 783. The van der Waals surface area contributed by atoms with E-state index in [1.54, 1.807) is 19.1 Å². The number of rotatable bonds is 3. The smallest absolute Gasteiger partial charge is 0.135 e. The van der Waals surface area contributed by atoms with Gasteiger partial charge in [0.05, 0.1) is 0 Å². The summed E-state index contributed by atoms with van der Waals surface area (Å²) in [6.45, 7) is 1.74. The first-order chi connectivity index (χ1) is 10.1. The van der Waals surface area contributed by atoms with Gasteiger partial charge in [0.2, 0.25) is 0 Å². The van der Waals surface area contributed by atoms with Gasteiger partial charge in [-0.2, -0.15) is 0 Å². The fourth-order valence-electron chi connectivity index (χ4n) is 2.41. The third kappa shape index (κ3) is 2.73. The van der Waals surface area contributed by atoms with Gasteiger partial charge >= 0.3 is 0 Å². The molecular formula is C18H16FNO. The van der Waals surface area contributed by atoms with E-state index in [0.717, 1.165) is 10.8 Å². The number of hydrogen-bond acceptors (Lipinski definition) is 2. The van der Waals surface area contributed by atoms with Crippen molar-refractivity contribution in [1.29, 1.82) is 0 Å². The van der Waals surface area contributed by atoms with Crippen molar-refractivity contribution >= 4 is 10.8 Å². The molecule has 0 aromatic heterocycles. The molecule has 1 atom stereocenters. The molecule has 3 aromatic carbocycles. The van der Waals surface area contributed by atoms with Gasteiger partial charge in [-0.05, 0) is 42.0 Å². The zero-order valence-corrected chi connectivity index (χ0v) is 11.7. The second-order valence-corrected chi connectivity index (χ2v) is 5.05. The first-order valence-corrected chi connectivity index (χ1v) is 6.86. The van der Waals surface area contributed by atoms with E-state index in [4.69, 9.17) is 10.5 Å². The van der Waals surface area contributed by atoms with Crippen LogP contribution in [0.1, 0.15) is 18.5 Å². The van der Waals surface area contributed by atoms with Crippen molar-refractivity contribution in [1.82, 2.24) is 0 Å². The highest BCUT2D eigenvalue weighted by Gasteiger charge is 2.14. The van der Waals surface area contributed by atoms with Gasteiger partial charge in [0.15, 0.2) is 0 Å². The van der Waals surface area contributed by atoms with E-state index in [9.17, 15) is 4.39 Å². The Balaban J connectivity index is 2.00. The average molecular weight is 281 g/mol. The van der Waals surface area contributed by atoms with Crippen LogP contribution < -0.4 is 10.5 Å². The number of benzene rings is 3. The van der Waals surface area contributed by atoms with Crippen molar-refractivity contribution < 1.29 is 9.13 Å². The molecule has 21 heavy (non-hydrogen) atoms. The fraction of sp³-hybridized carbons (Fsp3) is 0.111. The Morgan fingerprint density at radius 3 is 2.48 bits per heavy atom. The molecule has 0 radical (unpaired) electrons. The van der Waals surface area contributed by atoms with Crippen LogP contribution in [0, 0.1) is 5.82 Å². The van der Waals surface area contributed by atoms with Crippen molar-refractivity contribution in [3.05, 3.63) is 72.0 Å². The summed E-state index contributed by atoms with van der Waals surface area (Å²) in [5.41, 5.74) is 6.23. The normalized spacial score (nSPS) is 12.3. The third-order valence-electron chi connectivity index (χ3n) is 3.42. The molecule has 0 aliphatic carbocycles. The van der Waals surface area contributed by atoms with Crippen LogP contribution in [0.3, 0.4) is 0 Å². The lowest BCUT2D eigenvalue weighted by Crippen LogP contribution is -2.09. The zero-order chi connectivity index (χ0) is 14.8. The average Bonchev–Trinajstić information content (AvgIpc) is 2.47. The maximum absolute atomic E-state index is 13.9. The molecular weight excluding hydrogens is 265 g/mol. The number of fused-ring (bicyclic) bond motifs is 1. The number of hydrogen-bond donors (Lipinski definition) is 1. The van der Waals surface area contributed by atoms with Gasteiger partial charge in [0.1, 0.15) is 17.3 Å². The van der Waals surface area contributed by atoms with E-state index >= 15 is 0 Å². The van der Waals surface area contributed by atoms with Crippen LogP contribution in [0.2, 0.25) is 0 Å². The maximum atomic E-state index is 13.9. The van der Waals surface area contributed by atoms with E-state index in [2.05, 4.69) is 0 Å². The SMILES string of the molecule is CC(N)c1c(F)cccc1Oc1ccc2ccccc2c1. The summed E-state index contributed by atoms with van der Waals surface area (Å²) in [5, 5.41) is 2.21. The second kappa shape index (κ2) is 5.54. The Kier molecular flexibility index (Phi) is 3.59. The molecule has 0 spiro atoms. The van der Waals surface area contributed by atoms with E-state index < -0.39 is 6.04 Å². The van der Waals surface area contributed by atoms with Gasteiger partial charge in [-0.1, -0.05) is 36.4 Å². The Labute approximate surface area is 123 Å². The molecule has 0 bridgehead atoms. The van der Waals surface area contributed by atoms with Crippen molar-refractivity contribution in [3.8, 4) is 11.5 Å². The minimum Gasteiger partial charge on any atom is -0.457 e. The highest BCUT2D eigenvalue weighted by Crippen LogP contribution is 2.32. The molecule has 1 unspecified atom stereocenters. The Morgan fingerprint density at radius 2 is 1.71 bits per heavy atom. The van der Waals surface area contributed by atoms with Gasteiger partial charge in [-0.15, -0.1) is 0 Å². The number of halogens is 1. The molecule has 2 nitrogen and oxygen atoms in total. The monoisotopic (exact) mass is 281 g/mol. The van der Waals surface area contributed by atoms with E-state index in [1.807, 2.05) is 42.5 Å². The van der Waals surface area contributed by atoms with Crippen LogP contribution >= 0.6 is 0 Å². The second-order valence-electron chi connectivity index (χ2n) is 5.05. The summed E-state index contributed by atoms with van der Waals surface area (Å²) in [6.07, 6.45) is 0. The minimum absolute atomic E-state index is 0.344. The summed E-state index contributed by atoms with van der Waals surface area (Å²) in [7, 11) is 0. The first kappa shape index (κ1) is 13.6. The lowest BCUT2D eigenvalue weighted by molar-refractivity contribution is 0.461. The van der Waals surface area contributed by atoms with E-state index in [0.29, 0.717) is 17.1 Å². The van der Waals surface area contributed by atoms with Crippen LogP contribution in [-0.2, 0) is 0 Å². The van der Waals surface area contributed by atoms with Gasteiger partial charge < -0.3 is 10.5 Å². The minimum atomic E-state index is -0.429. The van der Waals surface area contributed by atoms with Gasteiger partial charge in [0.25, 0.3) is 0 Å². The summed E-state index contributed by atoms with van der Waals surface area (Å²) in [5.74, 6) is 0.782. The highest BCUT2D eigenvalue weighted by atomic mass is 19.1. The molecule has 0 saturated heterocycles. The van der Waals surface area contributed by atoms with Crippen LogP contribution in [0.5, 0.6) is 11.5 Å². The lowest BCUT2D eigenvalue weighted by atomic mass is 10.1. The molecule has 3 aromatic rings. The molecule has 3 heteroatoms. The lowest BCUT2D eigenvalue weighted by Gasteiger charge is -2.14. The molecule has 0 amide bonds. The van der Waals surface area contributed by atoms with Crippen LogP contribution in [0.25, 0.3) is 10.8 Å². The summed E-state index contributed by atoms with van der Waals surface area (Å²) in [4.78, 5) is 0. The van der Waals surface area contributed by atoms with E-state index in [-0.39, 0.29) is 5.82 Å². The largest absolute Gasteiger partial charge is 0.457 e. The van der Waals surface area contributed by atoms with Crippen LogP contribution in [0.4, 0.5) is 4.39 Å². The van der Waals surface area contributed by atoms with E-state index in [1.165, 1.54) is 6.07 Å². The van der Waals surface area contributed by atoms with Gasteiger partial charge in [-0.3, -0.25) is 0 Å². The molecule has 0 saturated carbocycles. The Hall–Kier alpha value is -2.39. The molecule has 2 N–H and O–H groups in total. The maximum Gasteiger partial charge on any atom is 0.135 e. The third-order valence-corrected chi connectivity index (χ3v) is 3.42. The van der Waals surface area contributed by atoms with Crippen molar-refractivity contribution in [2.45, 2.75) is 13.0 Å². The van der Waals surface area contributed by atoms with Crippen molar-refractivity contribution in [3.63, 3.8) is 0 Å². The predicted molar refractivity (Wildman–Crippen MR) is 83.0 cm³/mol. The van der Waals surface area contributed by atoms with Gasteiger partial charge in [-0.25, -0.2) is 4.39 Å². The number of nitrogens with two attached hydrogens (primary N) is 1. The quantitative estimate of drug-likeness (QED) is 0.749. The molecule has 0 fully saturated rings. The molecule has 0 aliphatic rings. The zero-order valence-electron chi connectivity index (χ0n) is 11.7. The molecule has 106 valence electrons.